The highest BCUT2D eigenvalue weighted by Gasteiger charge is 2.18. The van der Waals surface area contributed by atoms with E-state index in [4.69, 9.17) is 0 Å². The van der Waals surface area contributed by atoms with Crippen LogP contribution in [0.3, 0.4) is 0 Å². The van der Waals surface area contributed by atoms with E-state index in [1.165, 1.54) is 32.4 Å². The third kappa shape index (κ3) is 6.71. The molecule has 0 spiro atoms. The molecule has 1 heterocycles. The van der Waals surface area contributed by atoms with Crippen LogP contribution in [-0.2, 0) is 4.79 Å². The zero-order valence-electron chi connectivity index (χ0n) is 13.7. The van der Waals surface area contributed by atoms with Gasteiger partial charge in [-0.2, -0.15) is 0 Å². The highest BCUT2D eigenvalue weighted by atomic mass is 16.2. The molecule has 1 amide bonds. The van der Waals surface area contributed by atoms with E-state index in [0.29, 0.717) is 12.0 Å². The van der Waals surface area contributed by atoms with Crippen molar-refractivity contribution in [1.82, 2.24) is 15.5 Å². The van der Waals surface area contributed by atoms with Gasteiger partial charge in [0.05, 0.1) is 6.04 Å². The fourth-order valence-corrected chi connectivity index (χ4v) is 2.57. The van der Waals surface area contributed by atoms with Gasteiger partial charge in [-0.25, -0.2) is 0 Å². The minimum absolute atomic E-state index is 0.102. The van der Waals surface area contributed by atoms with E-state index in [1.54, 1.807) is 0 Å². The van der Waals surface area contributed by atoms with Gasteiger partial charge < -0.3 is 10.6 Å². The molecule has 1 aliphatic rings. The smallest absolute Gasteiger partial charge is 0.236 e. The summed E-state index contributed by atoms with van der Waals surface area (Å²) in [7, 11) is 0. The molecule has 2 unspecified atom stereocenters. The normalized spacial score (nSPS) is 19.9. The van der Waals surface area contributed by atoms with E-state index in [1.807, 2.05) is 6.92 Å². The standard InChI is InChI=1S/C16H33N3O/c1-13(2)8-9-17-16(20)15(4)18-12-14(3)19-10-6-5-7-11-19/h13-15,18H,5-12H2,1-4H3,(H,17,20). The van der Waals surface area contributed by atoms with E-state index < -0.39 is 0 Å². The van der Waals surface area contributed by atoms with Crippen LogP contribution in [-0.4, -0.2) is 49.1 Å². The van der Waals surface area contributed by atoms with Gasteiger partial charge in [0, 0.05) is 19.1 Å². The van der Waals surface area contributed by atoms with Crippen molar-refractivity contribution in [2.45, 2.75) is 65.5 Å². The number of carbonyl (C=O) groups is 1. The number of likely N-dealkylation sites (tertiary alicyclic amines) is 1. The summed E-state index contributed by atoms with van der Waals surface area (Å²) in [4.78, 5) is 14.5. The largest absolute Gasteiger partial charge is 0.355 e. The first kappa shape index (κ1) is 17.4. The van der Waals surface area contributed by atoms with Gasteiger partial charge in [-0.3, -0.25) is 9.69 Å². The van der Waals surface area contributed by atoms with Crippen LogP contribution in [0.2, 0.25) is 0 Å². The van der Waals surface area contributed by atoms with Gasteiger partial charge in [0.15, 0.2) is 0 Å². The Hall–Kier alpha value is -0.610. The molecule has 0 aromatic heterocycles. The Bertz CT molecular complexity index is 275. The number of hydrogen-bond donors (Lipinski definition) is 2. The molecule has 118 valence electrons. The summed E-state index contributed by atoms with van der Waals surface area (Å²) in [6, 6.07) is 0.413. The van der Waals surface area contributed by atoms with E-state index in [-0.39, 0.29) is 11.9 Å². The number of rotatable bonds is 8. The van der Waals surface area contributed by atoms with Gasteiger partial charge in [-0.15, -0.1) is 0 Å². The summed E-state index contributed by atoms with van der Waals surface area (Å²) in [6.45, 7) is 12.6. The number of hydrogen-bond acceptors (Lipinski definition) is 3. The van der Waals surface area contributed by atoms with Crippen LogP contribution < -0.4 is 10.6 Å². The molecule has 1 aliphatic heterocycles. The lowest BCUT2D eigenvalue weighted by molar-refractivity contribution is -0.122. The molecule has 4 heteroatoms. The monoisotopic (exact) mass is 283 g/mol. The van der Waals surface area contributed by atoms with Crippen LogP contribution in [0.5, 0.6) is 0 Å². The minimum atomic E-state index is -0.102. The molecular formula is C16H33N3O. The lowest BCUT2D eigenvalue weighted by Crippen LogP contribution is -2.49. The van der Waals surface area contributed by atoms with Gasteiger partial charge in [0.1, 0.15) is 0 Å². The average Bonchev–Trinajstić information content (AvgIpc) is 2.44. The lowest BCUT2D eigenvalue weighted by Gasteiger charge is -2.33. The predicted octanol–water partition coefficient (Wildman–Crippen LogP) is 2.00. The van der Waals surface area contributed by atoms with Crippen molar-refractivity contribution in [2.24, 2.45) is 5.92 Å². The topological polar surface area (TPSA) is 44.4 Å². The Kier molecular flexibility index (Phi) is 8.15. The minimum Gasteiger partial charge on any atom is -0.355 e. The van der Waals surface area contributed by atoms with Crippen molar-refractivity contribution in [3.05, 3.63) is 0 Å². The molecule has 1 fully saturated rings. The molecule has 0 aromatic carbocycles. The first-order valence-corrected chi connectivity index (χ1v) is 8.26. The fourth-order valence-electron chi connectivity index (χ4n) is 2.57. The number of nitrogens with one attached hydrogen (secondary N) is 2. The van der Waals surface area contributed by atoms with Crippen molar-refractivity contribution in [3.63, 3.8) is 0 Å². The summed E-state index contributed by atoms with van der Waals surface area (Å²) in [6.07, 6.45) is 5.04. The molecule has 4 nitrogen and oxygen atoms in total. The Morgan fingerprint density at radius 2 is 1.75 bits per heavy atom. The van der Waals surface area contributed by atoms with Gasteiger partial charge in [-0.05, 0) is 52.1 Å². The fraction of sp³-hybridized carbons (Fsp3) is 0.938. The predicted molar refractivity (Wildman–Crippen MR) is 84.8 cm³/mol. The SMILES string of the molecule is CC(C)CCNC(=O)C(C)NCC(C)N1CCCCC1. The molecule has 2 atom stereocenters. The van der Waals surface area contributed by atoms with Gasteiger partial charge in [0.25, 0.3) is 0 Å². The zero-order valence-corrected chi connectivity index (χ0v) is 13.7. The second-order valence-corrected chi connectivity index (χ2v) is 6.55. The van der Waals surface area contributed by atoms with E-state index in [9.17, 15) is 4.79 Å². The quantitative estimate of drug-likeness (QED) is 0.716. The average molecular weight is 283 g/mol. The third-order valence-corrected chi connectivity index (χ3v) is 4.15. The summed E-state index contributed by atoms with van der Waals surface area (Å²) in [5.74, 6) is 0.759. The van der Waals surface area contributed by atoms with Crippen molar-refractivity contribution in [2.75, 3.05) is 26.2 Å². The van der Waals surface area contributed by atoms with Gasteiger partial charge in [0.2, 0.25) is 5.91 Å². The van der Waals surface area contributed by atoms with Crippen LogP contribution in [0.4, 0.5) is 0 Å². The maximum absolute atomic E-state index is 11.9. The Balaban J connectivity index is 2.17. The number of amides is 1. The Morgan fingerprint density at radius 3 is 2.35 bits per heavy atom. The highest BCUT2D eigenvalue weighted by molar-refractivity contribution is 5.81. The Morgan fingerprint density at radius 1 is 1.10 bits per heavy atom. The van der Waals surface area contributed by atoms with E-state index >= 15 is 0 Å². The van der Waals surface area contributed by atoms with Crippen molar-refractivity contribution in [1.29, 1.82) is 0 Å². The number of piperidine rings is 1. The van der Waals surface area contributed by atoms with Crippen LogP contribution >= 0.6 is 0 Å². The second-order valence-electron chi connectivity index (χ2n) is 6.55. The van der Waals surface area contributed by atoms with Crippen molar-refractivity contribution >= 4 is 5.91 Å². The maximum atomic E-state index is 11.9. The molecular weight excluding hydrogens is 250 g/mol. The molecule has 0 bridgehead atoms. The third-order valence-electron chi connectivity index (χ3n) is 4.15. The van der Waals surface area contributed by atoms with Gasteiger partial charge in [-0.1, -0.05) is 20.3 Å². The van der Waals surface area contributed by atoms with Crippen LogP contribution in [0, 0.1) is 5.92 Å². The van der Waals surface area contributed by atoms with Crippen LogP contribution in [0.1, 0.15) is 53.4 Å². The summed E-state index contributed by atoms with van der Waals surface area (Å²) in [5, 5.41) is 6.37. The maximum Gasteiger partial charge on any atom is 0.236 e. The van der Waals surface area contributed by atoms with Crippen molar-refractivity contribution in [3.8, 4) is 0 Å². The first-order chi connectivity index (χ1) is 9.50. The Labute approximate surface area is 124 Å². The molecule has 0 saturated carbocycles. The first-order valence-electron chi connectivity index (χ1n) is 8.26. The number of carbonyl (C=O) groups excluding carboxylic acids is 1. The zero-order chi connectivity index (χ0) is 15.0. The number of nitrogens with zero attached hydrogens (tertiary/aromatic N) is 1. The van der Waals surface area contributed by atoms with Gasteiger partial charge >= 0.3 is 0 Å². The van der Waals surface area contributed by atoms with E-state index in [0.717, 1.165) is 19.5 Å². The summed E-state index contributed by atoms with van der Waals surface area (Å²) in [5.41, 5.74) is 0. The summed E-state index contributed by atoms with van der Waals surface area (Å²) >= 11 is 0. The van der Waals surface area contributed by atoms with E-state index in [2.05, 4.69) is 36.3 Å². The lowest BCUT2D eigenvalue weighted by atomic mass is 10.1. The second kappa shape index (κ2) is 9.35. The van der Waals surface area contributed by atoms with Crippen LogP contribution in [0.25, 0.3) is 0 Å². The van der Waals surface area contributed by atoms with Crippen molar-refractivity contribution < 1.29 is 4.79 Å². The molecule has 1 rings (SSSR count). The highest BCUT2D eigenvalue weighted by Crippen LogP contribution is 2.11. The molecule has 0 aliphatic carbocycles. The molecule has 0 radical (unpaired) electrons. The summed E-state index contributed by atoms with van der Waals surface area (Å²) < 4.78 is 0. The van der Waals surface area contributed by atoms with Crippen LogP contribution in [0.15, 0.2) is 0 Å². The molecule has 1 saturated heterocycles. The molecule has 0 aromatic rings. The molecule has 2 N–H and O–H groups in total. The molecule has 20 heavy (non-hydrogen) atoms.